The Hall–Kier alpha value is -3.00. The lowest BCUT2D eigenvalue weighted by Gasteiger charge is -2.44. The number of carboxylic acid groups (broad SMARTS) is 1. The van der Waals surface area contributed by atoms with Gasteiger partial charge in [-0.3, -0.25) is 0 Å². The third kappa shape index (κ3) is 5.06. The number of nitrogens with zero attached hydrogens (tertiary/aromatic N) is 4. The van der Waals surface area contributed by atoms with Crippen LogP contribution in [0.15, 0.2) is 29.3 Å². The summed E-state index contributed by atoms with van der Waals surface area (Å²) in [6.45, 7) is 4.36. The van der Waals surface area contributed by atoms with Crippen molar-refractivity contribution in [2.24, 2.45) is 5.92 Å². The van der Waals surface area contributed by atoms with Gasteiger partial charge in [0.15, 0.2) is 5.69 Å². The van der Waals surface area contributed by atoms with Crippen LogP contribution in [0.3, 0.4) is 0 Å². The van der Waals surface area contributed by atoms with E-state index in [0.717, 1.165) is 6.07 Å². The zero-order valence-corrected chi connectivity index (χ0v) is 19.3. The lowest BCUT2D eigenvalue weighted by molar-refractivity contribution is -0.141. The zero-order valence-electron chi connectivity index (χ0n) is 18.5. The van der Waals surface area contributed by atoms with Gasteiger partial charge in [-0.15, -0.1) is 0 Å². The molecule has 0 radical (unpaired) electrons. The Morgan fingerprint density at radius 1 is 1.26 bits per heavy atom. The topological polar surface area (TPSA) is 116 Å². The summed E-state index contributed by atoms with van der Waals surface area (Å²) in [6.07, 6.45) is -4.34. The number of nitrogens with one attached hydrogen (secondary N) is 1. The van der Waals surface area contributed by atoms with Gasteiger partial charge >= 0.3 is 12.1 Å². The fourth-order valence-electron chi connectivity index (χ4n) is 3.75. The number of carboxylic acids is 1. The SMILES string of the molecule is CNS(=O)(=O)c1cc(N2CCN(c3ncc(C(=O)O)c(C(F)(F)F)n3)[C@H](C(C)C)C2)ccc1F. The number of hydrogen-bond donors (Lipinski definition) is 2. The number of aromatic carboxylic acids is 1. The minimum atomic E-state index is -4.98. The maximum atomic E-state index is 14.1. The lowest BCUT2D eigenvalue weighted by Crippen LogP contribution is -2.56. The number of piperazine rings is 1. The number of rotatable bonds is 6. The number of hydrogen-bond acceptors (Lipinski definition) is 7. The van der Waals surface area contributed by atoms with Crippen molar-refractivity contribution in [2.75, 3.05) is 36.5 Å². The van der Waals surface area contributed by atoms with Crippen LogP contribution in [0, 0.1) is 11.7 Å². The van der Waals surface area contributed by atoms with Crippen LogP contribution in [-0.2, 0) is 16.2 Å². The van der Waals surface area contributed by atoms with Crippen molar-refractivity contribution in [1.82, 2.24) is 14.7 Å². The van der Waals surface area contributed by atoms with Crippen LogP contribution in [0.1, 0.15) is 29.9 Å². The molecular weight excluding hydrogens is 482 g/mol. The highest BCUT2D eigenvalue weighted by Gasteiger charge is 2.40. The Bertz CT molecular complexity index is 1190. The van der Waals surface area contributed by atoms with Crippen LogP contribution < -0.4 is 14.5 Å². The molecule has 34 heavy (non-hydrogen) atoms. The van der Waals surface area contributed by atoms with E-state index in [1.807, 2.05) is 13.8 Å². The molecule has 1 aliphatic rings. The van der Waals surface area contributed by atoms with Crippen LogP contribution in [-0.4, -0.2) is 62.2 Å². The van der Waals surface area contributed by atoms with Gasteiger partial charge < -0.3 is 14.9 Å². The molecule has 1 atom stereocenters. The molecule has 1 saturated heterocycles. The van der Waals surface area contributed by atoms with E-state index in [1.165, 1.54) is 19.2 Å². The predicted octanol–water partition coefficient (Wildman–Crippen LogP) is 2.59. The zero-order chi connectivity index (χ0) is 25.4. The molecule has 2 heterocycles. The van der Waals surface area contributed by atoms with E-state index in [2.05, 4.69) is 14.7 Å². The Kier molecular flexibility index (Phi) is 7.03. The quantitative estimate of drug-likeness (QED) is 0.576. The van der Waals surface area contributed by atoms with Crippen molar-refractivity contribution < 1.29 is 35.9 Å². The first-order valence-corrected chi connectivity index (χ1v) is 11.7. The van der Waals surface area contributed by atoms with Gasteiger partial charge in [-0.2, -0.15) is 13.2 Å². The summed E-state index contributed by atoms with van der Waals surface area (Å²) < 4.78 is 80.7. The Morgan fingerprint density at radius 3 is 2.50 bits per heavy atom. The third-order valence-electron chi connectivity index (χ3n) is 5.56. The highest BCUT2D eigenvalue weighted by atomic mass is 32.2. The van der Waals surface area contributed by atoms with Gasteiger partial charge in [0.25, 0.3) is 0 Å². The second kappa shape index (κ2) is 9.33. The maximum Gasteiger partial charge on any atom is 0.434 e. The normalized spacial score (nSPS) is 17.4. The van der Waals surface area contributed by atoms with Crippen LogP contribution in [0.25, 0.3) is 0 Å². The number of anilines is 2. The molecule has 1 aromatic heterocycles. The smallest absolute Gasteiger partial charge is 0.434 e. The highest BCUT2D eigenvalue weighted by molar-refractivity contribution is 7.89. The standard InChI is InChI=1S/C20H23F4N5O4S/c1-11(2)15-10-28(12-4-5-14(21)16(8-12)34(32,33)25-3)6-7-29(15)19-26-9-13(18(30)31)17(27-19)20(22,23)24/h4-5,8-9,11,15,25H,6-7,10H2,1-3H3,(H,30,31)/t15-/m0/s1. The molecule has 14 heteroatoms. The van der Waals surface area contributed by atoms with Gasteiger partial charge in [0.2, 0.25) is 16.0 Å². The number of sulfonamides is 1. The summed E-state index contributed by atoms with van der Waals surface area (Å²) in [6, 6.07) is 3.27. The molecule has 0 saturated carbocycles. The number of carbonyl (C=O) groups is 1. The molecule has 0 aliphatic carbocycles. The van der Waals surface area contributed by atoms with E-state index in [4.69, 9.17) is 5.11 Å². The van der Waals surface area contributed by atoms with Gasteiger partial charge in [0, 0.05) is 31.5 Å². The van der Waals surface area contributed by atoms with Crippen molar-refractivity contribution in [3.05, 3.63) is 41.5 Å². The van der Waals surface area contributed by atoms with Crippen LogP contribution in [0.2, 0.25) is 0 Å². The number of aromatic nitrogens is 2. The molecular formula is C20H23F4N5O4S. The minimum absolute atomic E-state index is 0.0964. The molecule has 0 spiro atoms. The van der Waals surface area contributed by atoms with Gasteiger partial charge in [0.1, 0.15) is 16.3 Å². The molecule has 0 bridgehead atoms. The molecule has 0 amide bonds. The van der Waals surface area contributed by atoms with E-state index in [-0.39, 0.29) is 31.5 Å². The summed E-state index contributed by atoms with van der Waals surface area (Å²) in [5.74, 6) is -3.05. The van der Waals surface area contributed by atoms with Crippen molar-refractivity contribution in [2.45, 2.75) is 31.0 Å². The average Bonchev–Trinajstić information content (AvgIpc) is 2.77. The van der Waals surface area contributed by atoms with Crippen LogP contribution >= 0.6 is 0 Å². The Balaban J connectivity index is 1.96. The van der Waals surface area contributed by atoms with Gasteiger partial charge in [-0.05, 0) is 31.2 Å². The first-order chi connectivity index (χ1) is 15.8. The molecule has 1 aliphatic heterocycles. The summed E-state index contributed by atoms with van der Waals surface area (Å²) in [5, 5.41) is 9.07. The average molecular weight is 505 g/mol. The maximum absolute atomic E-state index is 14.1. The first kappa shape index (κ1) is 25.6. The van der Waals surface area contributed by atoms with E-state index in [0.29, 0.717) is 11.9 Å². The fourth-order valence-corrected chi connectivity index (χ4v) is 4.57. The molecule has 186 valence electrons. The number of halogens is 4. The molecule has 1 fully saturated rings. The summed E-state index contributed by atoms with van der Waals surface area (Å²) in [7, 11) is -2.87. The summed E-state index contributed by atoms with van der Waals surface area (Å²) in [5.41, 5.74) is -2.14. The third-order valence-corrected chi connectivity index (χ3v) is 6.99. The minimum Gasteiger partial charge on any atom is -0.478 e. The summed E-state index contributed by atoms with van der Waals surface area (Å²) in [4.78, 5) is 21.5. The molecule has 2 N–H and O–H groups in total. The highest BCUT2D eigenvalue weighted by Crippen LogP contribution is 2.33. The van der Waals surface area contributed by atoms with Crippen molar-refractivity contribution in [3.63, 3.8) is 0 Å². The van der Waals surface area contributed by atoms with Crippen molar-refractivity contribution in [3.8, 4) is 0 Å². The van der Waals surface area contributed by atoms with E-state index in [1.54, 1.807) is 9.80 Å². The van der Waals surface area contributed by atoms with Gasteiger partial charge in [0.05, 0.1) is 6.04 Å². The van der Waals surface area contributed by atoms with Gasteiger partial charge in [-0.25, -0.2) is 32.3 Å². The molecule has 2 aromatic rings. The fraction of sp³-hybridized carbons (Fsp3) is 0.450. The molecule has 3 rings (SSSR count). The Labute approximate surface area is 193 Å². The largest absolute Gasteiger partial charge is 0.478 e. The van der Waals surface area contributed by atoms with Crippen LogP contribution in [0.5, 0.6) is 0 Å². The molecule has 9 nitrogen and oxygen atoms in total. The van der Waals surface area contributed by atoms with Crippen molar-refractivity contribution >= 4 is 27.6 Å². The second-order valence-electron chi connectivity index (χ2n) is 8.01. The molecule has 1 aromatic carbocycles. The van der Waals surface area contributed by atoms with E-state index < -0.39 is 50.2 Å². The molecule has 0 unspecified atom stereocenters. The number of benzene rings is 1. The Morgan fingerprint density at radius 2 is 1.94 bits per heavy atom. The monoisotopic (exact) mass is 505 g/mol. The summed E-state index contributed by atoms with van der Waals surface area (Å²) >= 11 is 0. The lowest BCUT2D eigenvalue weighted by atomic mass is 9.99. The van der Waals surface area contributed by atoms with E-state index in [9.17, 15) is 30.8 Å². The number of alkyl halides is 3. The van der Waals surface area contributed by atoms with Crippen molar-refractivity contribution in [1.29, 1.82) is 0 Å². The first-order valence-electron chi connectivity index (χ1n) is 10.2. The predicted molar refractivity (Wildman–Crippen MR) is 115 cm³/mol. The second-order valence-corrected chi connectivity index (χ2v) is 9.86. The van der Waals surface area contributed by atoms with E-state index >= 15 is 0 Å². The van der Waals surface area contributed by atoms with Crippen LogP contribution in [0.4, 0.5) is 29.2 Å². The van der Waals surface area contributed by atoms with Gasteiger partial charge in [-0.1, -0.05) is 13.8 Å².